The molecule has 0 amide bonds. The molecule has 2 N–H and O–H groups in total. The van der Waals surface area contributed by atoms with Crippen molar-refractivity contribution in [3.8, 4) is 5.75 Å². The lowest BCUT2D eigenvalue weighted by molar-refractivity contribution is 0.302. The van der Waals surface area contributed by atoms with E-state index < -0.39 is 0 Å². The molecule has 4 nitrogen and oxygen atoms in total. The van der Waals surface area contributed by atoms with Gasteiger partial charge in [-0.3, -0.25) is 0 Å². The SMILES string of the molecule is Clc1ccc(COc2ccc(Cl)cc2CNCCc2nc3ccccc3[nH]2)cc1. The van der Waals surface area contributed by atoms with Crippen LogP contribution in [-0.2, 0) is 19.6 Å². The Morgan fingerprint density at radius 3 is 2.55 bits per heavy atom. The maximum atomic E-state index is 6.19. The van der Waals surface area contributed by atoms with Gasteiger partial charge in [-0.1, -0.05) is 47.5 Å². The number of rotatable bonds is 8. The van der Waals surface area contributed by atoms with Gasteiger partial charge in [-0.05, 0) is 48.0 Å². The minimum absolute atomic E-state index is 0.477. The van der Waals surface area contributed by atoms with Crippen LogP contribution in [0.15, 0.2) is 66.7 Å². The van der Waals surface area contributed by atoms with Crippen LogP contribution < -0.4 is 10.1 Å². The largest absolute Gasteiger partial charge is 0.489 e. The summed E-state index contributed by atoms with van der Waals surface area (Å²) in [6.07, 6.45) is 0.816. The number of hydrogen-bond donors (Lipinski definition) is 2. The molecule has 0 atom stereocenters. The van der Waals surface area contributed by atoms with E-state index in [1.165, 1.54) is 0 Å². The van der Waals surface area contributed by atoms with Crippen LogP contribution in [0.5, 0.6) is 5.75 Å². The second kappa shape index (κ2) is 9.31. The van der Waals surface area contributed by atoms with Gasteiger partial charge in [0, 0.05) is 35.1 Å². The van der Waals surface area contributed by atoms with Crippen LogP contribution in [-0.4, -0.2) is 16.5 Å². The van der Waals surface area contributed by atoms with E-state index in [0.717, 1.165) is 51.7 Å². The topological polar surface area (TPSA) is 49.9 Å². The average molecular weight is 426 g/mol. The normalized spacial score (nSPS) is 11.1. The second-order valence-electron chi connectivity index (χ2n) is 6.79. The highest BCUT2D eigenvalue weighted by atomic mass is 35.5. The molecule has 0 saturated carbocycles. The minimum Gasteiger partial charge on any atom is -0.489 e. The van der Waals surface area contributed by atoms with Crippen molar-refractivity contribution in [1.82, 2.24) is 15.3 Å². The van der Waals surface area contributed by atoms with Crippen molar-refractivity contribution in [1.29, 1.82) is 0 Å². The predicted octanol–water partition coefficient (Wildman–Crippen LogP) is 5.78. The van der Waals surface area contributed by atoms with Gasteiger partial charge in [0.25, 0.3) is 0 Å². The second-order valence-corrected chi connectivity index (χ2v) is 7.67. The lowest BCUT2D eigenvalue weighted by Gasteiger charge is -2.13. The first kappa shape index (κ1) is 19.8. The number of fused-ring (bicyclic) bond motifs is 1. The maximum absolute atomic E-state index is 6.19. The molecular formula is C23H21Cl2N3O. The maximum Gasteiger partial charge on any atom is 0.124 e. The molecule has 6 heteroatoms. The van der Waals surface area contributed by atoms with Gasteiger partial charge in [-0.2, -0.15) is 0 Å². The summed E-state index contributed by atoms with van der Waals surface area (Å²) in [4.78, 5) is 7.96. The van der Waals surface area contributed by atoms with Crippen LogP contribution in [0.4, 0.5) is 0 Å². The first-order valence-corrected chi connectivity index (χ1v) is 10.2. The minimum atomic E-state index is 0.477. The summed E-state index contributed by atoms with van der Waals surface area (Å²) in [7, 11) is 0. The fraction of sp³-hybridized carbons (Fsp3) is 0.174. The van der Waals surface area contributed by atoms with E-state index in [2.05, 4.69) is 15.3 Å². The van der Waals surface area contributed by atoms with Crippen LogP contribution in [0.3, 0.4) is 0 Å². The van der Waals surface area contributed by atoms with Crippen molar-refractivity contribution in [3.05, 3.63) is 93.7 Å². The van der Waals surface area contributed by atoms with Gasteiger partial charge in [0.05, 0.1) is 11.0 Å². The molecule has 1 aromatic heterocycles. The number of para-hydroxylation sites is 2. The third-order valence-corrected chi connectivity index (χ3v) is 5.11. The molecule has 0 radical (unpaired) electrons. The molecule has 29 heavy (non-hydrogen) atoms. The molecule has 0 fully saturated rings. The summed E-state index contributed by atoms with van der Waals surface area (Å²) in [5, 5.41) is 4.86. The molecule has 0 aliphatic carbocycles. The third kappa shape index (κ3) is 5.30. The number of hydrogen-bond acceptors (Lipinski definition) is 3. The highest BCUT2D eigenvalue weighted by Gasteiger charge is 2.07. The molecule has 0 aliphatic heterocycles. The molecule has 4 rings (SSSR count). The number of aromatic nitrogens is 2. The quantitative estimate of drug-likeness (QED) is 0.351. The molecule has 0 aliphatic rings. The molecule has 3 aromatic carbocycles. The van der Waals surface area contributed by atoms with E-state index in [-0.39, 0.29) is 0 Å². The van der Waals surface area contributed by atoms with Crippen LogP contribution >= 0.6 is 23.2 Å². The van der Waals surface area contributed by atoms with E-state index in [4.69, 9.17) is 27.9 Å². The zero-order valence-electron chi connectivity index (χ0n) is 15.8. The van der Waals surface area contributed by atoms with E-state index in [9.17, 15) is 0 Å². The smallest absolute Gasteiger partial charge is 0.124 e. The summed E-state index contributed by atoms with van der Waals surface area (Å²) in [5.41, 5.74) is 4.15. The molecule has 1 heterocycles. The fourth-order valence-electron chi connectivity index (χ4n) is 3.12. The number of nitrogens with one attached hydrogen (secondary N) is 2. The molecule has 0 bridgehead atoms. The van der Waals surface area contributed by atoms with Gasteiger partial charge in [0.2, 0.25) is 0 Å². The van der Waals surface area contributed by atoms with Crippen molar-refractivity contribution >= 4 is 34.2 Å². The van der Waals surface area contributed by atoms with Crippen LogP contribution in [0.25, 0.3) is 11.0 Å². The number of aromatic amines is 1. The summed E-state index contributed by atoms with van der Waals surface area (Å²) in [6, 6.07) is 21.4. The number of imidazole rings is 1. The molecule has 0 unspecified atom stereocenters. The van der Waals surface area contributed by atoms with E-state index >= 15 is 0 Å². The summed E-state index contributed by atoms with van der Waals surface area (Å²) >= 11 is 12.1. The van der Waals surface area contributed by atoms with E-state index in [1.54, 1.807) is 0 Å². The van der Waals surface area contributed by atoms with Crippen molar-refractivity contribution in [2.24, 2.45) is 0 Å². The molecule has 4 aromatic rings. The van der Waals surface area contributed by atoms with Crippen LogP contribution in [0.1, 0.15) is 17.0 Å². The van der Waals surface area contributed by atoms with Crippen molar-refractivity contribution in [3.63, 3.8) is 0 Å². The lowest BCUT2D eigenvalue weighted by atomic mass is 10.2. The Balaban J connectivity index is 1.33. The number of ether oxygens (including phenoxy) is 1. The van der Waals surface area contributed by atoms with Crippen LogP contribution in [0.2, 0.25) is 10.0 Å². The van der Waals surface area contributed by atoms with Gasteiger partial charge < -0.3 is 15.0 Å². The Morgan fingerprint density at radius 1 is 0.931 bits per heavy atom. The molecule has 0 spiro atoms. The Hall–Kier alpha value is -2.53. The van der Waals surface area contributed by atoms with Gasteiger partial charge in [-0.15, -0.1) is 0 Å². The molecule has 0 saturated heterocycles. The van der Waals surface area contributed by atoms with Crippen molar-refractivity contribution < 1.29 is 4.74 Å². The first-order valence-electron chi connectivity index (χ1n) is 9.47. The zero-order chi connectivity index (χ0) is 20.1. The van der Waals surface area contributed by atoms with Gasteiger partial charge in [-0.25, -0.2) is 4.98 Å². The Morgan fingerprint density at radius 2 is 1.72 bits per heavy atom. The van der Waals surface area contributed by atoms with Gasteiger partial charge >= 0.3 is 0 Å². The lowest BCUT2D eigenvalue weighted by Crippen LogP contribution is -2.17. The highest BCUT2D eigenvalue weighted by molar-refractivity contribution is 6.30. The number of nitrogens with zero attached hydrogens (tertiary/aromatic N) is 1. The van der Waals surface area contributed by atoms with Gasteiger partial charge in [0.1, 0.15) is 18.2 Å². The average Bonchev–Trinajstić information content (AvgIpc) is 3.15. The highest BCUT2D eigenvalue weighted by Crippen LogP contribution is 2.24. The summed E-state index contributed by atoms with van der Waals surface area (Å²) < 4.78 is 6.01. The third-order valence-electron chi connectivity index (χ3n) is 4.62. The van der Waals surface area contributed by atoms with Gasteiger partial charge in [0.15, 0.2) is 0 Å². The predicted molar refractivity (Wildman–Crippen MR) is 119 cm³/mol. The monoisotopic (exact) mass is 425 g/mol. The fourth-order valence-corrected chi connectivity index (χ4v) is 3.44. The van der Waals surface area contributed by atoms with E-state index in [1.807, 2.05) is 66.7 Å². The summed E-state index contributed by atoms with van der Waals surface area (Å²) in [6.45, 7) is 1.94. The Kier molecular flexibility index (Phi) is 6.35. The molecular weight excluding hydrogens is 405 g/mol. The summed E-state index contributed by atoms with van der Waals surface area (Å²) in [5.74, 6) is 1.80. The number of halogens is 2. The zero-order valence-corrected chi connectivity index (χ0v) is 17.3. The van der Waals surface area contributed by atoms with Crippen molar-refractivity contribution in [2.75, 3.05) is 6.54 Å². The van der Waals surface area contributed by atoms with Crippen molar-refractivity contribution in [2.45, 2.75) is 19.6 Å². The first-order chi connectivity index (χ1) is 14.2. The Bertz CT molecular complexity index is 1060. The number of H-pyrrole nitrogens is 1. The standard InChI is InChI=1S/C23H21Cl2N3O/c24-18-7-5-16(6-8-18)15-29-22-10-9-19(25)13-17(22)14-26-12-11-23-27-20-3-1-2-4-21(20)28-23/h1-10,13,26H,11-12,14-15H2,(H,27,28). The molecule has 148 valence electrons. The Labute approximate surface area is 179 Å². The van der Waals surface area contributed by atoms with Crippen LogP contribution in [0, 0.1) is 0 Å². The van der Waals surface area contributed by atoms with E-state index in [0.29, 0.717) is 18.2 Å². The number of benzene rings is 3.